The number of hydrogen-bond donors (Lipinski definition) is 2. The van der Waals surface area contributed by atoms with E-state index in [4.69, 9.17) is 14.2 Å². The van der Waals surface area contributed by atoms with Crippen molar-refractivity contribution in [3.05, 3.63) is 40.1 Å². The van der Waals surface area contributed by atoms with Crippen molar-refractivity contribution in [2.75, 3.05) is 27.9 Å². The van der Waals surface area contributed by atoms with E-state index in [-0.39, 0.29) is 18.2 Å². The van der Waals surface area contributed by atoms with Crippen LogP contribution in [0.2, 0.25) is 0 Å². The maximum Gasteiger partial charge on any atom is 0.255 e. The molecule has 1 aromatic heterocycles. The highest BCUT2D eigenvalue weighted by Gasteiger charge is 2.27. The first-order chi connectivity index (χ1) is 11.4. The van der Waals surface area contributed by atoms with Crippen LogP contribution in [0.25, 0.3) is 0 Å². The maximum atomic E-state index is 12.5. The summed E-state index contributed by atoms with van der Waals surface area (Å²) in [6.07, 6.45) is 0. The van der Waals surface area contributed by atoms with Crippen molar-refractivity contribution in [2.24, 2.45) is 0 Å². The van der Waals surface area contributed by atoms with Gasteiger partial charge in [-0.3, -0.25) is 4.79 Å². The third kappa shape index (κ3) is 3.63. The van der Waals surface area contributed by atoms with Crippen molar-refractivity contribution in [3.8, 4) is 17.2 Å². The molecule has 6 nitrogen and oxygen atoms in total. The van der Waals surface area contributed by atoms with Crippen molar-refractivity contribution in [3.63, 3.8) is 0 Å². The van der Waals surface area contributed by atoms with E-state index in [0.717, 1.165) is 4.88 Å². The molecule has 0 aliphatic rings. The van der Waals surface area contributed by atoms with E-state index in [1.165, 1.54) is 32.7 Å². The van der Waals surface area contributed by atoms with Gasteiger partial charge in [0.25, 0.3) is 5.91 Å². The lowest BCUT2D eigenvalue weighted by atomic mass is 10.0. The van der Waals surface area contributed by atoms with Gasteiger partial charge in [-0.25, -0.2) is 0 Å². The second-order valence-corrected chi connectivity index (χ2v) is 6.26. The van der Waals surface area contributed by atoms with Gasteiger partial charge < -0.3 is 24.6 Å². The van der Waals surface area contributed by atoms with Crippen molar-refractivity contribution >= 4 is 17.2 Å². The summed E-state index contributed by atoms with van der Waals surface area (Å²) >= 11 is 1.43. The quantitative estimate of drug-likeness (QED) is 0.801. The number of rotatable bonds is 7. The molecule has 0 bridgehead atoms. The van der Waals surface area contributed by atoms with Crippen LogP contribution in [0.3, 0.4) is 0 Å². The summed E-state index contributed by atoms with van der Waals surface area (Å²) in [5.41, 5.74) is -0.842. The van der Waals surface area contributed by atoms with Crippen molar-refractivity contribution in [1.82, 2.24) is 5.32 Å². The van der Waals surface area contributed by atoms with Gasteiger partial charge >= 0.3 is 0 Å². The molecule has 7 heteroatoms. The first-order valence-electron chi connectivity index (χ1n) is 7.28. The Morgan fingerprint density at radius 2 is 1.88 bits per heavy atom. The molecule has 0 aliphatic heterocycles. The fourth-order valence-electron chi connectivity index (χ4n) is 2.30. The normalized spacial score (nSPS) is 13.0. The van der Waals surface area contributed by atoms with Crippen LogP contribution >= 0.6 is 11.3 Å². The third-order valence-corrected chi connectivity index (χ3v) is 4.72. The molecule has 0 radical (unpaired) electrons. The van der Waals surface area contributed by atoms with Gasteiger partial charge in [0.2, 0.25) is 5.75 Å². The molecule has 0 fully saturated rings. The second-order valence-electron chi connectivity index (χ2n) is 5.32. The molecular weight excluding hydrogens is 330 g/mol. The molecule has 1 unspecified atom stereocenters. The largest absolute Gasteiger partial charge is 0.493 e. The van der Waals surface area contributed by atoms with Crippen molar-refractivity contribution in [1.29, 1.82) is 0 Å². The van der Waals surface area contributed by atoms with Gasteiger partial charge in [-0.15, -0.1) is 11.3 Å². The average molecular weight is 351 g/mol. The van der Waals surface area contributed by atoms with Crippen LogP contribution in [-0.2, 0) is 5.60 Å². The van der Waals surface area contributed by atoms with E-state index in [1.807, 2.05) is 17.5 Å². The number of thiophene rings is 1. The highest BCUT2D eigenvalue weighted by molar-refractivity contribution is 7.10. The molecule has 1 aromatic carbocycles. The third-order valence-electron chi connectivity index (χ3n) is 3.59. The summed E-state index contributed by atoms with van der Waals surface area (Å²) in [5, 5.41) is 15.1. The Labute approximate surface area is 145 Å². The van der Waals surface area contributed by atoms with Crippen LogP contribution in [0.5, 0.6) is 17.2 Å². The molecule has 0 saturated carbocycles. The van der Waals surface area contributed by atoms with Gasteiger partial charge in [-0.1, -0.05) is 6.07 Å². The van der Waals surface area contributed by atoms with E-state index in [9.17, 15) is 9.90 Å². The predicted octanol–water partition coefficient (Wildman–Crippen LogP) is 2.41. The molecule has 2 rings (SSSR count). The minimum absolute atomic E-state index is 0.0733. The number of benzene rings is 1. The van der Waals surface area contributed by atoms with Gasteiger partial charge in [-0.2, -0.15) is 0 Å². The van der Waals surface area contributed by atoms with Gasteiger partial charge in [0.1, 0.15) is 5.60 Å². The topological polar surface area (TPSA) is 77.0 Å². The molecule has 24 heavy (non-hydrogen) atoms. The molecule has 0 aliphatic carbocycles. The molecule has 2 aromatic rings. The lowest BCUT2D eigenvalue weighted by Gasteiger charge is -2.23. The smallest absolute Gasteiger partial charge is 0.255 e. The number of carbonyl (C=O) groups excluding carboxylic acids is 1. The fraction of sp³-hybridized carbons (Fsp3) is 0.353. The molecule has 1 atom stereocenters. The van der Waals surface area contributed by atoms with Gasteiger partial charge in [0, 0.05) is 4.88 Å². The average Bonchev–Trinajstić information content (AvgIpc) is 3.13. The number of nitrogens with one attached hydrogen (secondary N) is 1. The fourth-order valence-corrected chi connectivity index (χ4v) is 3.09. The van der Waals surface area contributed by atoms with Crippen LogP contribution in [0, 0.1) is 0 Å². The molecular formula is C17H21NO5S. The Bertz CT molecular complexity index is 697. The van der Waals surface area contributed by atoms with E-state index in [0.29, 0.717) is 17.1 Å². The van der Waals surface area contributed by atoms with Crippen LogP contribution in [0.1, 0.15) is 22.2 Å². The summed E-state index contributed by atoms with van der Waals surface area (Å²) in [7, 11) is 4.44. The van der Waals surface area contributed by atoms with E-state index >= 15 is 0 Å². The zero-order valence-corrected chi connectivity index (χ0v) is 14.9. The van der Waals surface area contributed by atoms with Crippen molar-refractivity contribution < 1.29 is 24.1 Å². The first-order valence-corrected chi connectivity index (χ1v) is 8.16. The molecule has 130 valence electrons. The van der Waals surface area contributed by atoms with Crippen LogP contribution < -0.4 is 19.5 Å². The van der Waals surface area contributed by atoms with E-state index in [1.54, 1.807) is 19.1 Å². The van der Waals surface area contributed by atoms with Gasteiger partial charge in [-0.05, 0) is 30.5 Å². The summed E-state index contributed by atoms with van der Waals surface area (Å²) in [5.74, 6) is 0.726. The first kappa shape index (κ1) is 18.1. The Balaban J connectivity index is 2.21. The lowest BCUT2D eigenvalue weighted by Crippen LogP contribution is -2.38. The number of amides is 1. The monoisotopic (exact) mass is 351 g/mol. The van der Waals surface area contributed by atoms with Crippen LogP contribution in [0.4, 0.5) is 0 Å². The van der Waals surface area contributed by atoms with Crippen LogP contribution in [0.15, 0.2) is 29.6 Å². The second kappa shape index (κ2) is 7.55. The standard InChI is InChI=1S/C17H21NO5S/c1-17(20,13-6-5-9-24-13)10-18-16(19)11-7-8-12(21-2)15(23-4)14(11)22-3/h5-9,20H,10H2,1-4H3,(H,18,19). The molecule has 1 heterocycles. The Hall–Kier alpha value is -2.25. The zero-order chi connectivity index (χ0) is 17.7. The summed E-state index contributed by atoms with van der Waals surface area (Å²) in [4.78, 5) is 13.3. The number of ether oxygens (including phenoxy) is 3. The van der Waals surface area contributed by atoms with Crippen molar-refractivity contribution in [2.45, 2.75) is 12.5 Å². The SMILES string of the molecule is COc1ccc(C(=O)NCC(C)(O)c2cccs2)c(OC)c1OC. The van der Waals surface area contributed by atoms with E-state index < -0.39 is 5.60 Å². The highest BCUT2D eigenvalue weighted by Crippen LogP contribution is 2.39. The van der Waals surface area contributed by atoms with E-state index in [2.05, 4.69) is 5.32 Å². The summed E-state index contributed by atoms with van der Waals surface area (Å²) in [6.45, 7) is 1.73. The lowest BCUT2D eigenvalue weighted by molar-refractivity contribution is 0.0555. The Morgan fingerprint density at radius 1 is 1.17 bits per heavy atom. The molecule has 2 N–H and O–H groups in total. The predicted molar refractivity (Wildman–Crippen MR) is 92.3 cm³/mol. The number of carbonyl (C=O) groups is 1. The highest BCUT2D eigenvalue weighted by atomic mass is 32.1. The number of methoxy groups -OCH3 is 3. The van der Waals surface area contributed by atoms with Gasteiger partial charge in [0.15, 0.2) is 11.5 Å². The van der Waals surface area contributed by atoms with Crippen LogP contribution in [-0.4, -0.2) is 38.9 Å². The molecule has 0 spiro atoms. The number of aliphatic hydroxyl groups is 1. The summed E-state index contributed by atoms with van der Waals surface area (Å²) in [6, 6.07) is 6.91. The molecule has 0 saturated heterocycles. The summed E-state index contributed by atoms with van der Waals surface area (Å²) < 4.78 is 15.8. The Kier molecular flexibility index (Phi) is 5.69. The minimum Gasteiger partial charge on any atom is -0.493 e. The van der Waals surface area contributed by atoms with Gasteiger partial charge in [0.05, 0.1) is 33.4 Å². The number of hydrogen-bond acceptors (Lipinski definition) is 6. The zero-order valence-electron chi connectivity index (χ0n) is 14.1. The maximum absolute atomic E-state index is 12.5. The molecule has 1 amide bonds. The Morgan fingerprint density at radius 3 is 2.42 bits per heavy atom. The minimum atomic E-state index is -1.15.